The Morgan fingerprint density at radius 1 is 1.07 bits per heavy atom. The van der Waals surface area contributed by atoms with Gasteiger partial charge < -0.3 is 9.64 Å². The number of amides is 1. The van der Waals surface area contributed by atoms with Crippen molar-refractivity contribution in [2.45, 2.75) is 18.6 Å². The zero-order chi connectivity index (χ0) is 19.1. The molecule has 0 N–H and O–H groups in total. The van der Waals surface area contributed by atoms with Gasteiger partial charge in [0.25, 0.3) is 0 Å². The van der Waals surface area contributed by atoms with E-state index in [0.29, 0.717) is 6.54 Å². The van der Waals surface area contributed by atoms with Crippen molar-refractivity contribution in [1.82, 2.24) is 19.8 Å². The zero-order valence-corrected chi connectivity index (χ0v) is 15.8. The van der Waals surface area contributed by atoms with Crippen LogP contribution in [0.3, 0.4) is 0 Å². The van der Waals surface area contributed by atoms with Gasteiger partial charge >= 0.3 is 6.09 Å². The van der Waals surface area contributed by atoms with E-state index < -0.39 is 0 Å². The first-order valence-corrected chi connectivity index (χ1v) is 9.57. The summed E-state index contributed by atoms with van der Waals surface area (Å²) in [7, 11) is 1.79. The van der Waals surface area contributed by atoms with Gasteiger partial charge in [0.15, 0.2) is 5.82 Å². The zero-order valence-electron chi connectivity index (χ0n) is 15.8. The molecule has 0 aliphatic carbocycles. The van der Waals surface area contributed by atoms with E-state index in [1.165, 1.54) is 5.39 Å². The molecule has 3 aromatic rings. The number of ether oxygens (including phenoxy) is 1. The van der Waals surface area contributed by atoms with E-state index in [2.05, 4.69) is 39.1 Å². The van der Waals surface area contributed by atoms with Gasteiger partial charge in [-0.25, -0.2) is 14.8 Å². The number of hydrogen-bond acceptors (Lipinski definition) is 5. The maximum absolute atomic E-state index is 11.7. The summed E-state index contributed by atoms with van der Waals surface area (Å²) in [6.07, 6.45) is 4.46. The minimum absolute atomic E-state index is 0.218. The van der Waals surface area contributed by atoms with Crippen molar-refractivity contribution in [1.29, 1.82) is 0 Å². The highest BCUT2D eigenvalue weighted by molar-refractivity contribution is 5.94. The molecule has 3 heterocycles. The fraction of sp³-hybridized carbons (Fsp3) is 0.318. The second kappa shape index (κ2) is 6.56. The number of carbonyl (C=O) groups is 1. The number of aromatic nitrogens is 2. The number of benzene rings is 2. The molecule has 0 radical (unpaired) electrons. The fourth-order valence-corrected chi connectivity index (χ4v) is 4.32. The molecule has 28 heavy (non-hydrogen) atoms. The minimum atomic E-state index is -0.352. The van der Waals surface area contributed by atoms with Crippen molar-refractivity contribution in [2.75, 3.05) is 26.7 Å². The number of likely N-dealkylation sites (tertiary alicyclic amines) is 1. The average molecular weight is 374 g/mol. The molecular formula is C22H22N4O2. The molecule has 6 heteroatoms. The summed E-state index contributed by atoms with van der Waals surface area (Å²) in [5.74, 6) is 0.741. The second-order valence-electron chi connectivity index (χ2n) is 7.81. The number of hydrogen-bond donors (Lipinski definition) is 0. The van der Waals surface area contributed by atoms with Crippen LogP contribution < -0.4 is 0 Å². The van der Waals surface area contributed by atoms with Crippen LogP contribution in [0.25, 0.3) is 22.2 Å². The quantitative estimate of drug-likeness (QED) is 0.704. The average Bonchev–Trinajstić information content (AvgIpc) is 3.23. The molecule has 1 amide bonds. The van der Waals surface area contributed by atoms with Crippen molar-refractivity contribution < 1.29 is 9.53 Å². The fourth-order valence-electron chi connectivity index (χ4n) is 4.32. The first-order valence-electron chi connectivity index (χ1n) is 9.57. The van der Waals surface area contributed by atoms with Crippen molar-refractivity contribution >= 4 is 16.9 Å². The highest BCUT2D eigenvalue weighted by Crippen LogP contribution is 2.32. The summed E-state index contributed by atoms with van der Waals surface area (Å²) in [6.45, 7) is 3.10. The molecule has 2 aliphatic heterocycles. The van der Waals surface area contributed by atoms with Crippen molar-refractivity contribution in [2.24, 2.45) is 0 Å². The Morgan fingerprint density at radius 3 is 2.64 bits per heavy atom. The highest BCUT2D eigenvalue weighted by Gasteiger charge is 2.48. The van der Waals surface area contributed by atoms with E-state index >= 15 is 0 Å². The predicted octanol–water partition coefficient (Wildman–Crippen LogP) is 3.32. The van der Waals surface area contributed by atoms with Crippen LogP contribution in [0, 0.1) is 0 Å². The van der Waals surface area contributed by atoms with Crippen molar-refractivity contribution in [3.63, 3.8) is 0 Å². The van der Waals surface area contributed by atoms with E-state index in [1.807, 2.05) is 30.6 Å². The van der Waals surface area contributed by atoms with Crippen molar-refractivity contribution in [3.8, 4) is 11.4 Å². The van der Waals surface area contributed by atoms with Gasteiger partial charge in [0, 0.05) is 56.6 Å². The lowest BCUT2D eigenvalue weighted by atomic mass is 10.0. The van der Waals surface area contributed by atoms with Crippen LogP contribution in [0.5, 0.6) is 0 Å². The van der Waals surface area contributed by atoms with E-state index in [1.54, 1.807) is 11.9 Å². The number of fused-ring (bicyclic) bond motifs is 1. The predicted molar refractivity (Wildman–Crippen MR) is 107 cm³/mol. The van der Waals surface area contributed by atoms with Crippen LogP contribution in [0.4, 0.5) is 4.79 Å². The van der Waals surface area contributed by atoms with Gasteiger partial charge in [0.05, 0.1) is 6.54 Å². The molecule has 6 nitrogen and oxygen atoms in total. The molecule has 1 atom stereocenters. The topological polar surface area (TPSA) is 58.6 Å². The van der Waals surface area contributed by atoms with E-state index in [-0.39, 0.29) is 11.7 Å². The van der Waals surface area contributed by atoms with Gasteiger partial charge in [-0.3, -0.25) is 4.90 Å². The van der Waals surface area contributed by atoms with Gasteiger partial charge in [0.2, 0.25) is 0 Å². The lowest BCUT2D eigenvalue weighted by molar-refractivity contribution is 0.0627. The first-order chi connectivity index (χ1) is 13.6. The molecular weight excluding hydrogens is 352 g/mol. The molecule has 2 saturated heterocycles. The third-order valence-electron chi connectivity index (χ3n) is 5.68. The van der Waals surface area contributed by atoms with Gasteiger partial charge in [-0.15, -0.1) is 0 Å². The summed E-state index contributed by atoms with van der Waals surface area (Å²) < 4.78 is 5.62. The van der Waals surface area contributed by atoms with Crippen molar-refractivity contribution in [3.05, 3.63) is 60.4 Å². The summed E-state index contributed by atoms with van der Waals surface area (Å²) >= 11 is 0. The number of rotatable bonds is 3. The third kappa shape index (κ3) is 2.99. The Balaban J connectivity index is 1.32. The Labute approximate surface area is 163 Å². The lowest BCUT2D eigenvalue weighted by Gasteiger charge is -2.21. The normalized spacial score (nSPS) is 22.3. The molecule has 0 saturated carbocycles. The third-order valence-corrected chi connectivity index (χ3v) is 5.68. The molecule has 1 spiro atoms. The maximum atomic E-state index is 11.7. The molecule has 1 aromatic heterocycles. The summed E-state index contributed by atoms with van der Waals surface area (Å²) in [5.41, 5.74) is 1.76. The second-order valence-corrected chi connectivity index (χ2v) is 7.81. The van der Waals surface area contributed by atoms with E-state index in [0.717, 1.165) is 48.4 Å². The minimum Gasteiger partial charge on any atom is -0.439 e. The molecule has 0 bridgehead atoms. The summed E-state index contributed by atoms with van der Waals surface area (Å²) in [6, 6.07) is 14.5. The Bertz CT molecular complexity index is 1030. The number of nitrogens with zero attached hydrogens (tertiary/aromatic N) is 4. The van der Waals surface area contributed by atoms with Gasteiger partial charge in [-0.1, -0.05) is 42.5 Å². The Morgan fingerprint density at radius 2 is 1.86 bits per heavy atom. The van der Waals surface area contributed by atoms with E-state index in [9.17, 15) is 4.79 Å². The van der Waals surface area contributed by atoms with E-state index in [4.69, 9.17) is 4.74 Å². The molecule has 2 fully saturated rings. The Kier molecular flexibility index (Phi) is 4.02. The van der Waals surface area contributed by atoms with Gasteiger partial charge in [-0.05, 0) is 10.8 Å². The van der Waals surface area contributed by atoms with Gasteiger partial charge in [-0.2, -0.15) is 0 Å². The standard InChI is InChI=1S/C22H22N4O2/c1-25-14-22(28-21(25)27)9-10-26(15-22)13-16-11-23-20(24-12-16)19-8-4-6-17-5-2-3-7-18(17)19/h2-8,11-12H,9-10,13-15H2,1H3/t22-/m1/s1. The van der Waals surface area contributed by atoms with Crippen LogP contribution in [-0.2, 0) is 11.3 Å². The molecule has 142 valence electrons. The van der Waals surface area contributed by atoms with Crippen LogP contribution in [0.2, 0.25) is 0 Å². The molecule has 5 rings (SSSR count). The number of likely N-dealkylation sites (N-methyl/N-ethyl adjacent to an activating group) is 1. The summed E-state index contributed by atoms with van der Waals surface area (Å²) in [5, 5.41) is 2.34. The molecule has 0 unspecified atom stereocenters. The Hall–Kier alpha value is -2.99. The molecule has 2 aromatic carbocycles. The van der Waals surface area contributed by atoms with Gasteiger partial charge in [0.1, 0.15) is 5.60 Å². The smallest absolute Gasteiger partial charge is 0.410 e. The maximum Gasteiger partial charge on any atom is 0.410 e. The largest absolute Gasteiger partial charge is 0.439 e. The highest BCUT2D eigenvalue weighted by atomic mass is 16.6. The SMILES string of the molecule is CN1C[C@@]2(CCN(Cc3cnc(-c4cccc5ccccc45)nc3)C2)OC1=O. The van der Waals surface area contributed by atoms with Crippen LogP contribution in [0.1, 0.15) is 12.0 Å². The first kappa shape index (κ1) is 17.1. The van der Waals surface area contributed by atoms with Crippen LogP contribution >= 0.6 is 0 Å². The molecule has 2 aliphatic rings. The monoisotopic (exact) mass is 374 g/mol. The van der Waals surface area contributed by atoms with Crippen LogP contribution in [-0.4, -0.2) is 58.1 Å². The number of carbonyl (C=O) groups excluding carboxylic acids is 1. The lowest BCUT2D eigenvalue weighted by Crippen LogP contribution is -2.37. The summed E-state index contributed by atoms with van der Waals surface area (Å²) in [4.78, 5) is 24.9. The van der Waals surface area contributed by atoms with Crippen LogP contribution in [0.15, 0.2) is 54.9 Å².